The molecule has 7 rings (SSSR count). The summed E-state index contributed by atoms with van der Waals surface area (Å²) < 4.78 is 5.52. The minimum Gasteiger partial charge on any atom is -0.494 e. The third-order valence-corrected chi connectivity index (χ3v) is 16.9. The third-order valence-electron chi connectivity index (χ3n) is 16.9. The topological polar surface area (TPSA) is 375 Å². The van der Waals surface area contributed by atoms with Crippen LogP contribution in [-0.2, 0) is 51.2 Å². The lowest BCUT2D eigenvalue weighted by Crippen LogP contribution is -2.74. The van der Waals surface area contributed by atoms with Gasteiger partial charge in [-0.15, -0.1) is 0 Å². The first-order chi connectivity index (χ1) is 38.1. The molecule has 0 spiro atoms. The van der Waals surface area contributed by atoms with Crippen LogP contribution in [0.2, 0.25) is 0 Å². The normalized spacial score (nSPS) is 23.0. The Bertz CT molecular complexity index is 2450. The first-order valence-electron chi connectivity index (χ1n) is 28.7. The van der Waals surface area contributed by atoms with Gasteiger partial charge in [-0.05, 0) is 143 Å². The second kappa shape index (κ2) is 28.8. The van der Waals surface area contributed by atoms with E-state index < -0.39 is 112 Å². The molecule has 5 fully saturated rings. The first kappa shape index (κ1) is 62.7. The molecule has 6 amide bonds. The molecule has 8 atom stereocenters. The summed E-state index contributed by atoms with van der Waals surface area (Å²) in [4.78, 5) is 116. The quantitative estimate of drug-likeness (QED) is 0.0270. The van der Waals surface area contributed by atoms with Crippen molar-refractivity contribution < 1.29 is 43.1 Å². The summed E-state index contributed by atoms with van der Waals surface area (Å²) >= 11 is 0. The number of ether oxygens (including phenoxy) is 1. The number of hydrogen-bond donors (Lipinski definition) is 12. The number of nitrogens with one attached hydrogen (secondary N) is 7. The Morgan fingerprint density at radius 1 is 0.800 bits per heavy atom. The summed E-state index contributed by atoms with van der Waals surface area (Å²) in [5.74, 6) is -4.99. The summed E-state index contributed by atoms with van der Waals surface area (Å²) in [6.07, 6.45) is 6.07. The number of Topliss-reactive ketones (excluding diaryl/α,β-unsaturated/α-hetero) is 2. The molecule has 1 aliphatic heterocycles. The Morgan fingerprint density at radius 2 is 1.43 bits per heavy atom. The van der Waals surface area contributed by atoms with E-state index in [1.165, 1.54) is 11.8 Å². The molecule has 22 nitrogen and oxygen atoms in total. The Balaban J connectivity index is 1.22. The van der Waals surface area contributed by atoms with E-state index in [1.807, 2.05) is 13.0 Å². The monoisotopic (exact) mass is 1110 g/mol. The van der Waals surface area contributed by atoms with E-state index in [-0.39, 0.29) is 64.2 Å². The Morgan fingerprint density at radius 3 is 1.98 bits per heavy atom. The van der Waals surface area contributed by atoms with Crippen LogP contribution >= 0.6 is 0 Å². The van der Waals surface area contributed by atoms with Crippen LogP contribution in [0.3, 0.4) is 0 Å². The molecule has 1 saturated heterocycles. The average Bonchev–Trinajstić information content (AvgIpc) is 3.72. The fraction of sp³-hybridized carbons (Fsp3) is 0.638. The first-order valence-corrected chi connectivity index (χ1v) is 28.7. The van der Waals surface area contributed by atoms with Crippen molar-refractivity contribution in [3.63, 3.8) is 0 Å². The molecular formula is C58H89N13O9. The standard InChI is InChI=1S/C58H89N13O9/c1-5-80-42-16-13-37(14-17-42)27-43(61)51(75)69-46(28-36-10-7-6-8-11-36)52(76)70-50(34(2)3)53(77)68-45(29-49(62)74)47(73)18-15-41(60)33-71(54(78)44-12-9-21-65-44)58(35(4)72,55(79)66-23-20-59)48(19-22-67-56(63)64)57-30-38-24-39(31-57)26-40(25-38)32-57/h6-8,10-11,13-14,16-17,34,38-41,43-46,48,50,65H,5,9,12,15,18-33,59-61H2,1-4H3,(H2,62,74)(H,66,79)(H,68,77)(H,69,75)(H,70,76)(H4,63,64,67)/t38?,39?,40?,41?,43-,44-,45-,46-,48?,50-,57?,58-/m0/s1. The molecule has 440 valence electrons. The van der Waals surface area contributed by atoms with Gasteiger partial charge in [-0.3, -0.25) is 43.8 Å². The van der Waals surface area contributed by atoms with E-state index >= 15 is 14.4 Å². The lowest BCUT2D eigenvalue weighted by atomic mass is 9.43. The van der Waals surface area contributed by atoms with Crippen molar-refractivity contribution in [2.24, 2.45) is 63.7 Å². The maximum Gasteiger partial charge on any atom is 0.254 e. The average molecular weight is 1110 g/mol. The van der Waals surface area contributed by atoms with E-state index in [2.05, 4.69) is 31.9 Å². The number of ketones is 2. The molecule has 0 radical (unpaired) electrons. The van der Waals surface area contributed by atoms with Gasteiger partial charge in [0.1, 0.15) is 17.8 Å². The van der Waals surface area contributed by atoms with E-state index in [1.54, 1.807) is 62.4 Å². The molecular weight excluding hydrogens is 1020 g/mol. The number of benzene rings is 2. The zero-order valence-corrected chi connectivity index (χ0v) is 47.2. The molecule has 17 N–H and O–H groups in total. The maximum atomic E-state index is 15.3. The molecule has 2 aromatic carbocycles. The number of primary amides is 1. The second-order valence-corrected chi connectivity index (χ2v) is 23.3. The van der Waals surface area contributed by atoms with E-state index in [0.717, 1.165) is 49.7 Å². The van der Waals surface area contributed by atoms with E-state index in [0.29, 0.717) is 49.5 Å². The molecule has 0 aromatic heterocycles. The van der Waals surface area contributed by atoms with Gasteiger partial charge in [0.2, 0.25) is 29.5 Å². The summed E-state index contributed by atoms with van der Waals surface area (Å²) in [5, 5.41) is 25.3. The van der Waals surface area contributed by atoms with Gasteiger partial charge in [0.15, 0.2) is 23.1 Å². The molecule has 22 heteroatoms. The van der Waals surface area contributed by atoms with Crippen molar-refractivity contribution >= 4 is 53.0 Å². The number of hydrogen-bond acceptors (Lipinski definition) is 14. The van der Waals surface area contributed by atoms with Crippen molar-refractivity contribution in [2.75, 3.05) is 39.3 Å². The van der Waals surface area contributed by atoms with Gasteiger partial charge in [-0.1, -0.05) is 56.3 Å². The second-order valence-electron chi connectivity index (χ2n) is 23.3. The van der Waals surface area contributed by atoms with Crippen LogP contribution in [0, 0.1) is 40.4 Å². The van der Waals surface area contributed by atoms with Crippen molar-refractivity contribution in [1.82, 2.24) is 36.8 Å². The zero-order valence-electron chi connectivity index (χ0n) is 47.2. The zero-order chi connectivity index (χ0) is 58.3. The molecule has 4 aliphatic carbocycles. The summed E-state index contributed by atoms with van der Waals surface area (Å²) in [5.41, 5.74) is 29.7. The van der Waals surface area contributed by atoms with Gasteiger partial charge in [0.25, 0.3) is 5.91 Å². The number of amides is 6. The Kier molecular flexibility index (Phi) is 22.6. The highest BCUT2D eigenvalue weighted by molar-refractivity contribution is 6.13. The lowest BCUT2D eigenvalue weighted by molar-refractivity contribution is -0.176. The van der Waals surface area contributed by atoms with Crippen molar-refractivity contribution in [3.8, 4) is 5.75 Å². The van der Waals surface area contributed by atoms with Crippen LogP contribution < -0.4 is 65.3 Å². The van der Waals surface area contributed by atoms with Crippen LogP contribution in [0.5, 0.6) is 5.75 Å². The molecule has 5 aliphatic rings. The van der Waals surface area contributed by atoms with E-state index in [9.17, 15) is 24.0 Å². The minimum absolute atomic E-state index is 0.0252. The van der Waals surface area contributed by atoms with Crippen LogP contribution in [0.25, 0.3) is 0 Å². The summed E-state index contributed by atoms with van der Waals surface area (Å²) in [6, 6.07) is 9.47. The highest BCUT2D eigenvalue weighted by Gasteiger charge is 2.66. The van der Waals surface area contributed by atoms with Gasteiger partial charge in [-0.2, -0.15) is 0 Å². The van der Waals surface area contributed by atoms with Crippen molar-refractivity contribution in [1.29, 1.82) is 5.41 Å². The van der Waals surface area contributed by atoms with Crippen LogP contribution in [0.1, 0.15) is 116 Å². The molecule has 1 heterocycles. The lowest BCUT2D eigenvalue weighted by Gasteiger charge is -2.63. The van der Waals surface area contributed by atoms with Crippen LogP contribution in [-0.4, -0.2) is 139 Å². The van der Waals surface area contributed by atoms with Gasteiger partial charge < -0.3 is 70.2 Å². The van der Waals surface area contributed by atoms with Gasteiger partial charge in [0.05, 0.1) is 31.2 Å². The minimum atomic E-state index is -2.09. The Labute approximate surface area is 470 Å². The number of rotatable bonds is 32. The molecule has 80 heavy (non-hydrogen) atoms. The predicted octanol–water partition coefficient (Wildman–Crippen LogP) is 0.549. The SMILES string of the molecule is CCOc1ccc(C[C@H](N)C(=O)N[C@@H](Cc2ccccc2)C(=O)N[C@H](C(=O)N[C@@H](CC(N)=O)C(=O)CCC(N)CN(C(=O)[C@@H]2CCCN2)[C@](C(C)=O)(C(=O)NCCN)C(CCNC(=N)N)C23CC4CC(CC(C4)C2)C3)C(C)C)cc1. The predicted molar refractivity (Wildman–Crippen MR) is 303 cm³/mol. The molecule has 4 bridgehead atoms. The highest BCUT2D eigenvalue weighted by atomic mass is 16.5. The van der Waals surface area contributed by atoms with E-state index in [4.69, 9.17) is 38.8 Å². The van der Waals surface area contributed by atoms with Crippen LogP contribution in [0.15, 0.2) is 54.6 Å². The smallest absolute Gasteiger partial charge is 0.254 e. The number of guanidine groups is 1. The number of nitrogens with two attached hydrogens (primary N) is 5. The van der Waals surface area contributed by atoms with Crippen molar-refractivity contribution in [2.45, 2.75) is 159 Å². The third kappa shape index (κ3) is 15.9. The number of carbonyl (C=O) groups is 8. The Hall–Kier alpha value is -6.49. The number of carbonyl (C=O) groups excluding carboxylic acids is 8. The van der Waals surface area contributed by atoms with Gasteiger partial charge in [0, 0.05) is 51.0 Å². The number of nitrogens with zero attached hydrogens (tertiary/aromatic N) is 1. The van der Waals surface area contributed by atoms with Crippen molar-refractivity contribution in [3.05, 3.63) is 65.7 Å². The van der Waals surface area contributed by atoms with Gasteiger partial charge >= 0.3 is 0 Å². The summed E-state index contributed by atoms with van der Waals surface area (Å²) in [6.45, 7) is 7.56. The summed E-state index contributed by atoms with van der Waals surface area (Å²) in [7, 11) is 0. The maximum absolute atomic E-state index is 15.3. The molecule has 4 saturated carbocycles. The largest absolute Gasteiger partial charge is 0.494 e. The molecule has 2 unspecified atom stereocenters. The highest BCUT2D eigenvalue weighted by Crippen LogP contribution is 2.65. The molecule has 2 aromatic rings. The van der Waals surface area contributed by atoms with Gasteiger partial charge in [-0.25, -0.2) is 0 Å². The van der Waals surface area contributed by atoms with Crippen LogP contribution in [0.4, 0.5) is 0 Å². The fourth-order valence-corrected chi connectivity index (χ4v) is 13.7. The fourth-order valence-electron chi connectivity index (χ4n) is 13.7.